The number of fused-ring (bicyclic) bond motifs is 3. The van der Waals surface area contributed by atoms with E-state index in [0.717, 1.165) is 6.42 Å². The lowest BCUT2D eigenvalue weighted by atomic mass is 10.1. The summed E-state index contributed by atoms with van der Waals surface area (Å²) in [4.78, 5) is 4.10. The molecular formula is C12H8N. The van der Waals surface area contributed by atoms with E-state index in [4.69, 9.17) is 0 Å². The summed E-state index contributed by atoms with van der Waals surface area (Å²) in [6, 6.07) is 11.7. The van der Waals surface area contributed by atoms with Crippen LogP contribution < -0.4 is 0 Å². The molecule has 1 heteroatoms. The maximum atomic E-state index is 4.10. The lowest BCUT2D eigenvalue weighted by Crippen LogP contribution is -1.80. The van der Waals surface area contributed by atoms with Gasteiger partial charge in [0.15, 0.2) is 0 Å². The van der Waals surface area contributed by atoms with E-state index in [9.17, 15) is 0 Å². The van der Waals surface area contributed by atoms with Crippen molar-refractivity contribution in [2.45, 2.75) is 6.42 Å². The van der Waals surface area contributed by atoms with Crippen LogP contribution in [0, 0.1) is 6.07 Å². The number of nitrogens with zero attached hydrogens (tertiary/aromatic N) is 1. The molecule has 0 atom stereocenters. The molecule has 0 bridgehead atoms. The average molecular weight is 166 g/mol. The molecule has 2 aromatic rings. The highest BCUT2D eigenvalue weighted by Gasteiger charge is 2.16. The standard InChI is InChI=1S/C12H8N/c1-2-4-11-9(3-1)7-10-5-6-13-8-12(10)11/h1-4,6,8H,7H2. The van der Waals surface area contributed by atoms with Crippen LogP contribution >= 0.6 is 0 Å². The highest BCUT2D eigenvalue weighted by Crippen LogP contribution is 2.34. The smallest absolute Gasteiger partial charge is 0.0350 e. The van der Waals surface area contributed by atoms with Crippen LogP contribution in [-0.2, 0) is 6.42 Å². The second kappa shape index (κ2) is 2.43. The zero-order valence-corrected chi connectivity index (χ0v) is 7.12. The third kappa shape index (κ3) is 0.903. The minimum atomic E-state index is 1.01. The van der Waals surface area contributed by atoms with Gasteiger partial charge in [-0.2, -0.15) is 0 Å². The Balaban J connectivity index is 2.32. The van der Waals surface area contributed by atoms with Crippen molar-refractivity contribution in [2.75, 3.05) is 0 Å². The van der Waals surface area contributed by atoms with E-state index in [0.29, 0.717) is 0 Å². The molecule has 1 aromatic heterocycles. The minimum Gasteiger partial charge on any atom is -0.263 e. The van der Waals surface area contributed by atoms with Crippen LogP contribution in [0.5, 0.6) is 0 Å². The quantitative estimate of drug-likeness (QED) is 0.500. The third-order valence-corrected chi connectivity index (χ3v) is 2.52. The van der Waals surface area contributed by atoms with Crippen molar-refractivity contribution in [2.24, 2.45) is 0 Å². The fourth-order valence-corrected chi connectivity index (χ4v) is 1.89. The molecule has 0 unspecified atom stereocenters. The van der Waals surface area contributed by atoms with E-state index in [1.165, 1.54) is 22.3 Å². The Bertz CT molecular complexity index is 417. The molecule has 3 rings (SSSR count). The van der Waals surface area contributed by atoms with Gasteiger partial charge >= 0.3 is 0 Å². The van der Waals surface area contributed by atoms with Gasteiger partial charge in [0.1, 0.15) is 0 Å². The van der Waals surface area contributed by atoms with Crippen molar-refractivity contribution in [3.63, 3.8) is 0 Å². The van der Waals surface area contributed by atoms with Crippen LogP contribution in [0.25, 0.3) is 11.1 Å². The highest BCUT2D eigenvalue weighted by atomic mass is 14.6. The zero-order valence-electron chi connectivity index (χ0n) is 7.12. The van der Waals surface area contributed by atoms with E-state index in [-0.39, 0.29) is 0 Å². The first-order valence-corrected chi connectivity index (χ1v) is 4.38. The molecule has 0 amide bonds. The summed E-state index contributed by atoms with van der Waals surface area (Å²) in [5.74, 6) is 0. The Labute approximate surface area is 77.1 Å². The fourth-order valence-electron chi connectivity index (χ4n) is 1.89. The Hall–Kier alpha value is -1.63. The Morgan fingerprint density at radius 1 is 1.15 bits per heavy atom. The second-order valence-corrected chi connectivity index (χ2v) is 3.28. The predicted molar refractivity (Wildman–Crippen MR) is 51.3 cm³/mol. The molecule has 1 aliphatic rings. The molecule has 1 radical (unpaired) electrons. The first-order valence-electron chi connectivity index (χ1n) is 4.38. The monoisotopic (exact) mass is 166 g/mol. The molecule has 0 spiro atoms. The van der Waals surface area contributed by atoms with Gasteiger partial charge in [0.05, 0.1) is 0 Å². The van der Waals surface area contributed by atoms with Crippen LogP contribution in [0.15, 0.2) is 36.7 Å². The molecule has 0 aliphatic heterocycles. The van der Waals surface area contributed by atoms with E-state index in [2.05, 4.69) is 35.3 Å². The maximum absolute atomic E-state index is 4.10. The molecule has 1 nitrogen and oxygen atoms in total. The van der Waals surface area contributed by atoms with Gasteiger partial charge in [-0.15, -0.1) is 0 Å². The van der Waals surface area contributed by atoms with Crippen LogP contribution in [0.4, 0.5) is 0 Å². The van der Waals surface area contributed by atoms with Gasteiger partial charge in [-0.05, 0) is 23.1 Å². The van der Waals surface area contributed by atoms with E-state index in [1.807, 2.05) is 6.20 Å². The van der Waals surface area contributed by atoms with Gasteiger partial charge in [0, 0.05) is 24.0 Å². The third-order valence-electron chi connectivity index (χ3n) is 2.52. The fraction of sp³-hybridized carbons (Fsp3) is 0.0833. The van der Waals surface area contributed by atoms with Gasteiger partial charge in [-0.1, -0.05) is 24.3 Å². The molecule has 0 saturated carbocycles. The molecular weight excluding hydrogens is 158 g/mol. The van der Waals surface area contributed by atoms with Crippen molar-refractivity contribution in [1.82, 2.24) is 4.98 Å². The number of rotatable bonds is 0. The van der Waals surface area contributed by atoms with E-state index < -0.39 is 0 Å². The summed E-state index contributed by atoms with van der Waals surface area (Å²) in [7, 11) is 0. The van der Waals surface area contributed by atoms with Crippen molar-refractivity contribution < 1.29 is 0 Å². The largest absolute Gasteiger partial charge is 0.263 e. The van der Waals surface area contributed by atoms with Gasteiger partial charge in [0.25, 0.3) is 0 Å². The number of aromatic nitrogens is 1. The van der Waals surface area contributed by atoms with E-state index >= 15 is 0 Å². The SMILES string of the molecule is [c]1cncc2c1Cc1ccccc1-2. The van der Waals surface area contributed by atoms with Gasteiger partial charge in [-0.3, -0.25) is 4.98 Å². The summed E-state index contributed by atoms with van der Waals surface area (Å²) in [5, 5.41) is 0. The van der Waals surface area contributed by atoms with Crippen LogP contribution in [0.1, 0.15) is 11.1 Å². The van der Waals surface area contributed by atoms with Gasteiger partial charge in [-0.25, -0.2) is 0 Å². The first-order chi connectivity index (χ1) is 6.45. The van der Waals surface area contributed by atoms with Crippen molar-refractivity contribution in [3.8, 4) is 11.1 Å². The summed E-state index contributed by atoms with van der Waals surface area (Å²) in [6.45, 7) is 0. The average Bonchev–Trinajstić information content (AvgIpc) is 2.56. The van der Waals surface area contributed by atoms with Gasteiger partial charge in [0.2, 0.25) is 0 Å². The van der Waals surface area contributed by atoms with Crippen molar-refractivity contribution in [3.05, 3.63) is 53.9 Å². The Kier molecular flexibility index (Phi) is 1.28. The van der Waals surface area contributed by atoms with Crippen molar-refractivity contribution >= 4 is 0 Å². The minimum absolute atomic E-state index is 1.01. The summed E-state index contributed by atoms with van der Waals surface area (Å²) >= 11 is 0. The molecule has 61 valence electrons. The second-order valence-electron chi connectivity index (χ2n) is 3.28. The molecule has 0 N–H and O–H groups in total. The normalized spacial score (nSPS) is 12.3. The number of pyridine rings is 1. The lowest BCUT2D eigenvalue weighted by molar-refractivity contribution is 1.22. The molecule has 0 fully saturated rings. The molecule has 1 aliphatic carbocycles. The van der Waals surface area contributed by atoms with Crippen LogP contribution in [0.3, 0.4) is 0 Å². The van der Waals surface area contributed by atoms with Crippen LogP contribution in [-0.4, -0.2) is 4.98 Å². The maximum Gasteiger partial charge on any atom is 0.0350 e. The lowest BCUT2D eigenvalue weighted by Gasteiger charge is -1.97. The highest BCUT2D eigenvalue weighted by molar-refractivity contribution is 5.75. The summed E-state index contributed by atoms with van der Waals surface area (Å²) < 4.78 is 0. The zero-order chi connectivity index (χ0) is 8.67. The topological polar surface area (TPSA) is 12.9 Å². The number of benzene rings is 1. The van der Waals surface area contributed by atoms with Crippen LogP contribution in [0.2, 0.25) is 0 Å². The van der Waals surface area contributed by atoms with Crippen molar-refractivity contribution in [1.29, 1.82) is 0 Å². The van der Waals surface area contributed by atoms with Gasteiger partial charge < -0.3 is 0 Å². The molecule has 1 aromatic carbocycles. The molecule has 0 saturated heterocycles. The predicted octanol–water partition coefficient (Wildman–Crippen LogP) is 2.45. The summed E-state index contributed by atoms with van der Waals surface area (Å²) in [6.07, 6.45) is 4.68. The number of hydrogen-bond donors (Lipinski definition) is 0. The Morgan fingerprint density at radius 2 is 2.08 bits per heavy atom. The van der Waals surface area contributed by atoms with E-state index in [1.54, 1.807) is 6.20 Å². The number of hydrogen-bond acceptors (Lipinski definition) is 1. The molecule has 1 heterocycles. The summed E-state index contributed by atoms with van der Waals surface area (Å²) in [5.41, 5.74) is 5.23. The Morgan fingerprint density at radius 3 is 3.08 bits per heavy atom. The first kappa shape index (κ1) is 6.84. The molecule has 13 heavy (non-hydrogen) atoms.